The van der Waals surface area contributed by atoms with Crippen molar-refractivity contribution in [3.8, 4) is 11.5 Å². The first kappa shape index (κ1) is 11.1. The highest BCUT2D eigenvalue weighted by Gasteiger charge is 2.09. The molecule has 0 fully saturated rings. The molecule has 0 bridgehead atoms. The van der Waals surface area contributed by atoms with E-state index in [1.807, 2.05) is 0 Å². The standard InChI is InChI=1S/C11H12O4/c1-3-6-15-9-5-4-8(11(12)13)7-10(9)14-2/h3-5,7H,1,6H2,2H3,(H,12,13). The van der Waals surface area contributed by atoms with Crippen LogP contribution in [0.1, 0.15) is 10.4 Å². The Morgan fingerprint density at radius 1 is 1.53 bits per heavy atom. The molecule has 0 spiro atoms. The molecule has 80 valence electrons. The summed E-state index contributed by atoms with van der Waals surface area (Å²) in [6.45, 7) is 3.87. The van der Waals surface area contributed by atoms with E-state index in [0.29, 0.717) is 18.1 Å². The molecule has 1 aromatic rings. The van der Waals surface area contributed by atoms with E-state index in [2.05, 4.69) is 6.58 Å². The first-order valence-corrected chi connectivity index (χ1v) is 4.34. The first-order valence-electron chi connectivity index (χ1n) is 4.34. The number of aromatic carboxylic acids is 1. The van der Waals surface area contributed by atoms with Crippen LogP contribution in [0.5, 0.6) is 11.5 Å². The van der Waals surface area contributed by atoms with Crippen LogP contribution in [0.4, 0.5) is 0 Å². The average Bonchev–Trinajstić information content (AvgIpc) is 2.25. The molecule has 0 aromatic heterocycles. The second-order valence-corrected chi connectivity index (χ2v) is 2.77. The van der Waals surface area contributed by atoms with Crippen LogP contribution in [-0.2, 0) is 0 Å². The molecule has 0 saturated carbocycles. The second-order valence-electron chi connectivity index (χ2n) is 2.77. The fraction of sp³-hybridized carbons (Fsp3) is 0.182. The van der Waals surface area contributed by atoms with Gasteiger partial charge < -0.3 is 14.6 Å². The number of rotatable bonds is 5. The van der Waals surface area contributed by atoms with Gasteiger partial charge in [0.1, 0.15) is 6.61 Å². The number of methoxy groups -OCH3 is 1. The molecule has 1 N–H and O–H groups in total. The third kappa shape index (κ3) is 2.74. The molecule has 0 amide bonds. The Morgan fingerprint density at radius 3 is 2.80 bits per heavy atom. The van der Waals surface area contributed by atoms with Gasteiger partial charge in [-0.1, -0.05) is 12.7 Å². The number of carbonyl (C=O) groups is 1. The Balaban J connectivity index is 2.97. The lowest BCUT2D eigenvalue weighted by atomic mass is 10.2. The lowest BCUT2D eigenvalue weighted by Gasteiger charge is -2.09. The van der Waals surface area contributed by atoms with Crippen LogP contribution in [0.15, 0.2) is 30.9 Å². The van der Waals surface area contributed by atoms with Gasteiger partial charge in [0.05, 0.1) is 12.7 Å². The molecule has 15 heavy (non-hydrogen) atoms. The van der Waals surface area contributed by atoms with E-state index >= 15 is 0 Å². The van der Waals surface area contributed by atoms with Gasteiger partial charge >= 0.3 is 5.97 Å². The number of carboxylic acid groups (broad SMARTS) is 1. The van der Waals surface area contributed by atoms with Gasteiger partial charge in [0.15, 0.2) is 11.5 Å². The maximum atomic E-state index is 10.7. The van der Waals surface area contributed by atoms with Crippen molar-refractivity contribution in [2.45, 2.75) is 0 Å². The van der Waals surface area contributed by atoms with Crippen molar-refractivity contribution in [3.63, 3.8) is 0 Å². The van der Waals surface area contributed by atoms with E-state index < -0.39 is 5.97 Å². The number of ether oxygens (including phenoxy) is 2. The summed E-state index contributed by atoms with van der Waals surface area (Å²) < 4.78 is 10.3. The topological polar surface area (TPSA) is 55.8 Å². The van der Waals surface area contributed by atoms with Crippen molar-refractivity contribution in [1.29, 1.82) is 0 Å². The minimum atomic E-state index is -0.997. The molecule has 0 aliphatic heterocycles. The van der Waals surface area contributed by atoms with Crippen LogP contribution in [0.25, 0.3) is 0 Å². The fourth-order valence-corrected chi connectivity index (χ4v) is 1.07. The maximum absolute atomic E-state index is 10.7. The Labute approximate surface area is 87.7 Å². The number of hydrogen-bond acceptors (Lipinski definition) is 3. The number of hydrogen-bond donors (Lipinski definition) is 1. The molecule has 0 radical (unpaired) electrons. The first-order chi connectivity index (χ1) is 7.19. The smallest absolute Gasteiger partial charge is 0.335 e. The predicted octanol–water partition coefficient (Wildman–Crippen LogP) is 1.96. The van der Waals surface area contributed by atoms with Crippen molar-refractivity contribution in [3.05, 3.63) is 36.4 Å². The summed E-state index contributed by atoms with van der Waals surface area (Å²) in [5.41, 5.74) is 0.165. The van der Waals surface area contributed by atoms with Crippen molar-refractivity contribution in [2.24, 2.45) is 0 Å². The summed E-state index contributed by atoms with van der Waals surface area (Å²) in [6, 6.07) is 4.44. The van der Waals surface area contributed by atoms with Gasteiger partial charge in [-0.2, -0.15) is 0 Å². The molecule has 4 nitrogen and oxygen atoms in total. The molecule has 0 aliphatic rings. The quantitative estimate of drug-likeness (QED) is 0.751. The van der Waals surface area contributed by atoms with E-state index in [9.17, 15) is 4.79 Å². The highest BCUT2D eigenvalue weighted by molar-refractivity contribution is 5.88. The van der Waals surface area contributed by atoms with Crippen molar-refractivity contribution in [1.82, 2.24) is 0 Å². The molecule has 0 atom stereocenters. The largest absolute Gasteiger partial charge is 0.493 e. The van der Waals surface area contributed by atoms with E-state index in [1.165, 1.54) is 19.2 Å². The fourth-order valence-electron chi connectivity index (χ4n) is 1.07. The van der Waals surface area contributed by atoms with Crippen molar-refractivity contribution >= 4 is 5.97 Å². The van der Waals surface area contributed by atoms with Crippen molar-refractivity contribution in [2.75, 3.05) is 13.7 Å². The van der Waals surface area contributed by atoms with Gasteiger partial charge in [-0.25, -0.2) is 4.79 Å². The summed E-state index contributed by atoms with van der Waals surface area (Å²) in [4.78, 5) is 10.7. The zero-order chi connectivity index (χ0) is 11.3. The summed E-state index contributed by atoms with van der Waals surface area (Å²) in [5.74, 6) is -0.0947. The molecule has 0 heterocycles. The normalized spacial score (nSPS) is 9.40. The molecule has 0 aliphatic carbocycles. The minimum absolute atomic E-state index is 0.165. The number of benzene rings is 1. The SMILES string of the molecule is C=CCOc1ccc(C(=O)O)cc1OC. The van der Waals surface area contributed by atoms with E-state index in [0.717, 1.165) is 0 Å². The Hall–Kier alpha value is -1.97. The lowest BCUT2D eigenvalue weighted by molar-refractivity contribution is 0.0696. The van der Waals surface area contributed by atoms with Crippen LogP contribution in [-0.4, -0.2) is 24.8 Å². The van der Waals surface area contributed by atoms with Crippen molar-refractivity contribution < 1.29 is 19.4 Å². The highest BCUT2D eigenvalue weighted by atomic mass is 16.5. The van der Waals surface area contributed by atoms with Crippen LogP contribution in [0.3, 0.4) is 0 Å². The third-order valence-corrected chi connectivity index (χ3v) is 1.77. The molecule has 0 saturated heterocycles. The summed E-state index contributed by atoms with van der Waals surface area (Å²) in [7, 11) is 1.46. The van der Waals surface area contributed by atoms with E-state index in [1.54, 1.807) is 12.1 Å². The molecular weight excluding hydrogens is 196 g/mol. The zero-order valence-electron chi connectivity index (χ0n) is 8.40. The lowest BCUT2D eigenvalue weighted by Crippen LogP contribution is -2.00. The van der Waals surface area contributed by atoms with Gasteiger partial charge in [-0.3, -0.25) is 0 Å². The van der Waals surface area contributed by atoms with Gasteiger partial charge in [0.25, 0.3) is 0 Å². The van der Waals surface area contributed by atoms with Gasteiger partial charge in [-0.15, -0.1) is 0 Å². The molecule has 4 heteroatoms. The number of carboxylic acids is 1. The summed E-state index contributed by atoms with van der Waals surface area (Å²) in [5, 5.41) is 8.76. The summed E-state index contributed by atoms with van der Waals surface area (Å²) in [6.07, 6.45) is 1.60. The average molecular weight is 208 g/mol. The Bertz CT molecular complexity index is 371. The Kier molecular flexibility index (Phi) is 3.74. The van der Waals surface area contributed by atoms with Crippen LogP contribution in [0.2, 0.25) is 0 Å². The maximum Gasteiger partial charge on any atom is 0.335 e. The van der Waals surface area contributed by atoms with Gasteiger partial charge in [-0.05, 0) is 18.2 Å². The van der Waals surface area contributed by atoms with E-state index in [4.69, 9.17) is 14.6 Å². The molecule has 1 aromatic carbocycles. The van der Waals surface area contributed by atoms with Gasteiger partial charge in [0, 0.05) is 0 Å². The molecule has 0 unspecified atom stereocenters. The highest BCUT2D eigenvalue weighted by Crippen LogP contribution is 2.27. The van der Waals surface area contributed by atoms with Crippen LogP contribution >= 0.6 is 0 Å². The van der Waals surface area contributed by atoms with Crippen LogP contribution < -0.4 is 9.47 Å². The predicted molar refractivity (Wildman–Crippen MR) is 55.6 cm³/mol. The Morgan fingerprint density at radius 2 is 2.27 bits per heavy atom. The monoisotopic (exact) mass is 208 g/mol. The summed E-state index contributed by atoms with van der Waals surface area (Å²) >= 11 is 0. The minimum Gasteiger partial charge on any atom is -0.493 e. The second kappa shape index (κ2) is 5.05. The van der Waals surface area contributed by atoms with Crippen LogP contribution in [0, 0.1) is 0 Å². The zero-order valence-corrected chi connectivity index (χ0v) is 8.40. The molecular formula is C11H12O4. The van der Waals surface area contributed by atoms with E-state index in [-0.39, 0.29) is 5.56 Å². The molecule has 1 rings (SSSR count). The third-order valence-electron chi connectivity index (χ3n) is 1.77. The van der Waals surface area contributed by atoms with Gasteiger partial charge in [0.2, 0.25) is 0 Å².